The predicted octanol–water partition coefficient (Wildman–Crippen LogP) is 5.28. The van der Waals surface area contributed by atoms with Gasteiger partial charge in [-0.05, 0) is 55.7 Å². The van der Waals surface area contributed by atoms with Gasteiger partial charge in [-0.2, -0.15) is 0 Å². The van der Waals surface area contributed by atoms with Crippen molar-refractivity contribution in [1.29, 1.82) is 0 Å². The van der Waals surface area contributed by atoms with Gasteiger partial charge in [-0.15, -0.1) is 0 Å². The van der Waals surface area contributed by atoms with Crippen molar-refractivity contribution in [1.82, 2.24) is 4.90 Å². The third-order valence-corrected chi connectivity index (χ3v) is 6.99. The van der Waals surface area contributed by atoms with E-state index < -0.39 is 5.92 Å². The minimum atomic E-state index is -0.391. The number of Topliss-reactive ketones (excluding diaryl/α,β-unsaturated/α-hetero) is 1. The van der Waals surface area contributed by atoms with Gasteiger partial charge in [0.25, 0.3) is 0 Å². The van der Waals surface area contributed by atoms with Gasteiger partial charge in [0, 0.05) is 46.9 Å². The van der Waals surface area contributed by atoms with Gasteiger partial charge >= 0.3 is 0 Å². The minimum Gasteiger partial charge on any atom is -0.342 e. The normalized spacial score (nSPS) is 26.8. The number of nitrogens with zero attached hydrogens (tertiary/aromatic N) is 2. The van der Waals surface area contributed by atoms with Crippen molar-refractivity contribution < 1.29 is 9.59 Å². The fourth-order valence-electron chi connectivity index (χ4n) is 5.11. The quantitative estimate of drug-likeness (QED) is 0.607. The summed E-state index contributed by atoms with van der Waals surface area (Å²) in [5.74, 6) is -0.355. The number of likely N-dealkylation sites (tertiary alicyclic amines) is 1. The van der Waals surface area contributed by atoms with Crippen LogP contribution in [-0.2, 0) is 9.59 Å². The number of ketones is 1. The van der Waals surface area contributed by atoms with Crippen LogP contribution in [0.15, 0.2) is 45.0 Å². The number of halogens is 1. The fraction of sp³-hybridized carbons (Fsp3) is 0.542. The molecule has 2 heterocycles. The number of carbonyl (C=O) groups excluding carboxylic acids is 2. The van der Waals surface area contributed by atoms with Gasteiger partial charge in [0.05, 0.1) is 5.92 Å². The Morgan fingerprint density at radius 3 is 2.41 bits per heavy atom. The molecule has 2 atom stereocenters. The highest BCUT2D eigenvalue weighted by Crippen LogP contribution is 2.48. The Labute approximate surface area is 181 Å². The van der Waals surface area contributed by atoms with Crippen LogP contribution in [0.1, 0.15) is 64.4 Å². The van der Waals surface area contributed by atoms with E-state index in [1.165, 1.54) is 6.42 Å². The van der Waals surface area contributed by atoms with Crippen LogP contribution in [0.3, 0.4) is 0 Å². The first-order chi connectivity index (χ1) is 13.8. The highest BCUT2D eigenvalue weighted by Gasteiger charge is 2.46. The summed E-state index contributed by atoms with van der Waals surface area (Å²) in [5.41, 5.74) is 3.44. The molecular weight excluding hydrogens is 428 g/mol. The second-order valence-electron chi connectivity index (χ2n) is 9.45. The average Bonchev–Trinajstić information content (AvgIpc) is 2.67. The number of allylic oxidation sites excluding steroid dienone is 2. The van der Waals surface area contributed by atoms with E-state index in [4.69, 9.17) is 4.99 Å². The van der Waals surface area contributed by atoms with Crippen molar-refractivity contribution in [3.63, 3.8) is 0 Å². The Balaban J connectivity index is 1.81. The van der Waals surface area contributed by atoms with Crippen LogP contribution >= 0.6 is 15.9 Å². The minimum absolute atomic E-state index is 0.0896. The van der Waals surface area contributed by atoms with Crippen LogP contribution < -0.4 is 0 Å². The molecule has 0 radical (unpaired) electrons. The monoisotopic (exact) mass is 456 g/mol. The lowest BCUT2D eigenvalue weighted by Crippen LogP contribution is -2.46. The van der Waals surface area contributed by atoms with Crippen molar-refractivity contribution in [3.05, 3.63) is 45.6 Å². The van der Waals surface area contributed by atoms with Crippen LogP contribution in [0, 0.1) is 11.3 Å². The van der Waals surface area contributed by atoms with Gasteiger partial charge in [0.1, 0.15) is 0 Å². The molecule has 0 saturated carbocycles. The van der Waals surface area contributed by atoms with Crippen molar-refractivity contribution in [2.24, 2.45) is 16.3 Å². The molecule has 1 aliphatic carbocycles. The number of aliphatic imine (C=N–C) groups is 1. The maximum atomic E-state index is 13.6. The Kier molecular flexibility index (Phi) is 5.54. The second-order valence-corrected chi connectivity index (χ2v) is 10.4. The smallest absolute Gasteiger partial charge is 0.232 e. The van der Waals surface area contributed by atoms with Crippen LogP contribution in [0.2, 0.25) is 0 Å². The molecule has 4 nitrogen and oxygen atoms in total. The number of amides is 1. The molecule has 0 aromatic heterocycles. The molecule has 0 bridgehead atoms. The van der Waals surface area contributed by atoms with E-state index in [0.717, 1.165) is 59.4 Å². The SMILES string of the molecule is CC1=NC2=C(C(=O)CC(C)(C)C2)[C@@H](c2ccc(Br)cc2)C1C(=O)N1CCCCC1. The summed E-state index contributed by atoms with van der Waals surface area (Å²) in [5, 5.41) is 0. The average molecular weight is 457 g/mol. The van der Waals surface area contributed by atoms with E-state index in [1.54, 1.807) is 0 Å². The number of rotatable bonds is 2. The summed E-state index contributed by atoms with van der Waals surface area (Å²) < 4.78 is 0.992. The van der Waals surface area contributed by atoms with Gasteiger partial charge in [-0.3, -0.25) is 14.6 Å². The zero-order valence-electron chi connectivity index (χ0n) is 17.5. The van der Waals surface area contributed by atoms with Crippen molar-refractivity contribution in [2.45, 2.75) is 58.8 Å². The molecule has 1 aromatic rings. The van der Waals surface area contributed by atoms with E-state index in [2.05, 4.69) is 29.8 Å². The van der Waals surface area contributed by atoms with E-state index in [-0.39, 0.29) is 23.0 Å². The van der Waals surface area contributed by atoms with Crippen molar-refractivity contribution >= 4 is 33.3 Å². The highest BCUT2D eigenvalue weighted by atomic mass is 79.9. The molecule has 1 fully saturated rings. The predicted molar refractivity (Wildman–Crippen MR) is 119 cm³/mol. The van der Waals surface area contributed by atoms with E-state index >= 15 is 0 Å². The van der Waals surface area contributed by atoms with Crippen LogP contribution in [0.4, 0.5) is 0 Å². The highest BCUT2D eigenvalue weighted by molar-refractivity contribution is 9.10. The molecule has 1 amide bonds. The first-order valence-corrected chi connectivity index (χ1v) is 11.4. The van der Waals surface area contributed by atoms with Gasteiger partial charge in [-0.25, -0.2) is 0 Å². The molecule has 3 aliphatic rings. The molecule has 1 saturated heterocycles. The molecular formula is C24H29BrN2O2. The van der Waals surface area contributed by atoms with Crippen LogP contribution in [0.5, 0.6) is 0 Å². The summed E-state index contributed by atoms with van der Waals surface area (Å²) >= 11 is 3.51. The standard InChI is InChI=1S/C24H29BrN2O2/c1-15-20(23(29)27-11-5-4-6-12-27)21(16-7-9-17(25)10-8-16)22-18(26-15)13-24(2,3)14-19(22)28/h7-10,20-21H,4-6,11-14H2,1-3H3/t20?,21-/m0/s1. The number of piperidine rings is 1. The zero-order chi connectivity index (χ0) is 20.8. The van der Waals surface area contributed by atoms with Gasteiger partial charge in [0.15, 0.2) is 5.78 Å². The maximum Gasteiger partial charge on any atom is 0.232 e. The number of carbonyl (C=O) groups is 2. The largest absolute Gasteiger partial charge is 0.342 e. The number of hydrogen-bond acceptors (Lipinski definition) is 3. The molecule has 2 aliphatic heterocycles. The lowest BCUT2D eigenvalue weighted by atomic mass is 9.66. The van der Waals surface area contributed by atoms with Crippen molar-refractivity contribution in [2.75, 3.05) is 13.1 Å². The maximum absolute atomic E-state index is 13.6. The summed E-state index contributed by atoms with van der Waals surface area (Å²) in [6.07, 6.45) is 4.58. The van der Waals surface area contributed by atoms with Crippen LogP contribution in [0.25, 0.3) is 0 Å². The summed E-state index contributed by atoms with van der Waals surface area (Å²) in [7, 11) is 0. The third-order valence-electron chi connectivity index (χ3n) is 6.47. The molecule has 5 heteroatoms. The lowest BCUT2D eigenvalue weighted by Gasteiger charge is -2.41. The van der Waals surface area contributed by atoms with Gasteiger partial charge < -0.3 is 4.90 Å². The van der Waals surface area contributed by atoms with E-state index in [9.17, 15) is 9.59 Å². The molecule has 4 rings (SSSR count). The van der Waals surface area contributed by atoms with Crippen LogP contribution in [-0.4, -0.2) is 35.4 Å². The zero-order valence-corrected chi connectivity index (χ0v) is 19.1. The van der Waals surface area contributed by atoms with E-state index in [0.29, 0.717) is 6.42 Å². The first-order valence-electron chi connectivity index (χ1n) is 10.6. The molecule has 1 unspecified atom stereocenters. The Morgan fingerprint density at radius 2 is 1.76 bits per heavy atom. The Hall–Kier alpha value is -1.75. The van der Waals surface area contributed by atoms with E-state index in [1.807, 2.05) is 36.1 Å². The molecule has 29 heavy (non-hydrogen) atoms. The summed E-state index contributed by atoms with van der Waals surface area (Å²) in [6.45, 7) is 7.83. The fourth-order valence-corrected chi connectivity index (χ4v) is 5.37. The second kappa shape index (κ2) is 7.82. The van der Waals surface area contributed by atoms with Crippen molar-refractivity contribution in [3.8, 4) is 0 Å². The molecule has 0 N–H and O–H groups in total. The number of hydrogen-bond donors (Lipinski definition) is 0. The topological polar surface area (TPSA) is 49.7 Å². The Bertz CT molecular complexity index is 892. The lowest BCUT2D eigenvalue weighted by molar-refractivity contribution is -0.134. The third kappa shape index (κ3) is 3.98. The molecule has 1 aromatic carbocycles. The summed E-state index contributed by atoms with van der Waals surface area (Å²) in [6, 6.07) is 8.08. The molecule has 154 valence electrons. The summed E-state index contributed by atoms with van der Waals surface area (Å²) in [4.78, 5) is 33.8. The first kappa shape index (κ1) is 20.5. The number of benzene rings is 1. The van der Waals surface area contributed by atoms with Gasteiger partial charge in [0.2, 0.25) is 5.91 Å². The van der Waals surface area contributed by atoms with Gasteiger partial charge in [-0.1, -0.05) is 41.9 Å². The molecule has 0 spiro atoms. The Morgan fingerprint density at radius 1 is 1.10 bits per heavy atom.